The van der Waals surface area contributed by atoms with Crippen molar-refractivity contribution < 1.29 is 13.5 Å². The maximum atomic E-state index is 12.6. The molecule has 1 atom stereocenters. The van der Waals surface area contributed by atoms with Gasteiger partial charge in [0.25, 0.3) is 12.0 Å². The Hall–Kier alpha value is -2.12. The number of hydrogen-bond acceptors (Lipinski definition) is 4. The number of halogens is 2. The number of hydrogen-bond donors (Lipinski definition) is 0. The van der Waals surface area contributed by atoms with Crippen LogP contribution in [0.4, 0.5) is 8.78 Å². The van der Waals surface area contributed by atoms with E-state index in [0.29, 0.717) is 12.5 Å². The molecule has 7 heteroatoms. The molecule has 0 spiro atoms. The van der Waals surface area contributed by atoms with Crippen molar-refractivity contribution in [3.8, 4) is 0 Å². The number of piperidine rings is 1. The lowest BCUT2D eigenvalue weighted by Gasteiger charge is -2.36. The van der Waals surface area contributed by atoms with Gasteiger partial charge in [-0.15, -0.1) is 0 Å². The third kappa shape index (κ3) is 4.31. The van der Waals surface area contributed by atoms with Crippen LogP contribution in [0, 0.1) is 5.92 Å². The molecule has 0 saturated carbocycles. The van der Waals surface area contributed by atoms with Crippen molar-refractivity contribution in [2.75, 3.05) is 26.2 Å². The minimum atomic E-state index is -2.71. The molecule has 28 heavy (non-hydrogen) atoms. The first-order valence-electron chi connectivity index (χ1n) is 9.86. The van der Waals surface area contributed by atoms with E-state index in [4.69, 9.17) is 4.74 Å². The molecule has 1 aromatic heterocycles. The topological polar surface area (TPSA) is 47.4 Å². The van der Waals surface area contributed by atoms with Gasteiger partial charge in [-0.05, 0) is 49.4 Å². The van der Waals surface area contributed by atoms with Crippen LogP contribution in [-0.2, 0) is 17.7 Å². The molecule has 2 aliphatic rings. The van der Waals surface area contributed by atoms with E-state index in [1.807, 2.05) is 0 Å². The summed E-state index contributed by atoms with van der Waals surface area (Å²) in [5, 5.41) is 0. The summed E-state index contributed by atoms with van der Waals surface area (Å²) >= 11 is 0. The monoisotopic (exact) mass is 389 g/mol. The van der Waals surface area contributed by atoms with E-state index in [9.17, 15) is 13.6 Å². The fraction of sp³-hybridized carbons (Fsp3) is 0.524. The Balaban J connectivity index is 1.31. The highest BCUT2D eigenvalue weighted by Crippen LogP contribution is 2.29. The predicted molar refractivity (Wildman–Crippen MR) is 101 cm³/mol. The van der Waals surface area contributed by atoms with Crippen molar-refractivity contribution >= 4 is 0 Å². The number of fused-ring (bicyclic) bond motifs is 1. The minimum Gasteiger partial charge on any atom is -0.372 e. The Morgan fingerprint density at radius 2 is 1.96 bits per heavy atom. The molecule has 0 radical (unpaired) electrons. The molecule has 5 nitrogen and oxygen atoms in total. The minimum absolute atomic E-state index is 0.121. The van der Waals surface area contributed by atoms with Gasteiger partial charge in [0.15, 0.2) is 0 Å². The van der Waals surface area contributed by atoms with Crippen molar-refractivity contribution in [3.05, 3.63) is 63.8 Å². The second-order valence-corrected chi connectivity index (χ2v) is 7.66. The molecule has 1 aromatic carbocycles. The zero-order chi connectivity index (χ0) is 19.5. The van der Waals surface area contributed by atoms with Crippen molar-refractivity contribution in [3.63, 3.8) is 0 Å². The molecule has 2 aliphatic heterocycles. The lowest BCUT2D eigenvalue weighted by atomic mass is 9.94. The summed E-state index contributed by atoms with van der Waals surface area (Å²) < 4.78 is 32.7. The molecule has 150 valence electrons. The third-order valence-electron chi connectivity index (χ3n) is 5.80. The molecule has 2 aromatic rings. The molecule has 1 fully saturated rings. The summed E-state index contributed by atoms with van der Waals surface area (Å²) in [6, 6.07) is 9.43. The lowest BCUT2D eigenvalue weighted by molar-refractivity contribution is 0.00795. The molecule has 0 N–H and O–H groups in total. The van der Waals surface area contributed by atoms with Gasteiger partial charge in [0.2, 0.25) is 0 Å². The Morgan fingerprint density at radius 3 is 2.71 bits per heavy atom. The van der Waals surface area contributed by atoms with Crippen LogP contribution in [0.2, 0.25) is 0 Å². The quantitative estimate of drug-likeness (QED) is 0.788. The van der Waals surface area contributed by atoms with Crippen molar-refractivity contribution in [1.29, 1.82) is 0 Å². The second kappa shape index (κ2) is 8.49. The molecule has 0 aliphatic carbocycles. The molecular formula is C21H25F2N3O2. The number of nitrogens with zero attached hydrogens (tertiary/aromatic N) is 3. The Kier molecular flexibility index (Phi) is 5.82. The van der Waals surface area contributed by atoms with Gasteiger partial charge >= 0.3 is 0 Å². The van der Waals surface area contributed by atoms with Crippen LogP contribution < -0.4 is 5.56 Å². The normalized spacial score (nSPS) is 21.0. The first-order chi connectivity index (χ1) is 13.6. The van der Waals surface area contributed by atoms with E-state index in [1.54, 1.807) is 0 Å². The number of likely N-dealkylation sites (tertiary alicyclic amines) is 1. The van der Waals surface area contributed by atoms with Gasteiger partial charge in [0.1, 0.15) is 5.69 Å². The second-order valence-electron chi connectivity index (χ2n) is 7.66. The van der Waals surface area contributed by atoms with Gasteiger partial charge < -0.3 is 9.64 Å². The number of benzene rings is 1. The molecule has 1 saturated heterocycles. The van der Waals surface area contributed by atoms with Gasteiger partial charge in [0, 0.05) is 19.2 Å². The first-order valence-corrected chi connectivity index (χ1v) is 9.86. The van der Waals surface area contributed by atoms with Crippen LogP contribution in [0.5, 0.6) is 0 Å². The summed E-state index contributed by atoms with van der Waals surface area (Å²) in [6.45, 7) is 4.08. The highest BCUT2D eigenvalue weighted by molar-refractivity contribution is 5.31. The fourth-order valence-electron chi connectivity index (χ4n) is 4.19. The molecule has 1 unspecified atom stereocenters. The standard InChI is InChI=1S/C21H25F2N3O2/c22-21(23)18-11-20(27)26(14-24-18)12-15-5-8-25(9-6-15)13-19-17-4-2-1-3-16(17)7-10-28-19/h1-4,11,14-15,19,21H,5-10,12-13H2. The van der Waals surface area contributed by atoms with Crippen molar-refractivity contribution in [1.82, 2.24) is 14.5 Å². The van der Waals surface area contributed by atoms with Crippen molar-refractivity contribution in [2.45, 2.75) is 38.3 Å². The number of ether oxygens (including phenoxy) is 1. The number of rotatable bonds is 5. The fourth-order valence-corrected chi connectivity index (χ4v) is 4.19. The van der Waals surface area contributed by atoms with E-state index in [0.717, 1.165) is 51.6 Å². The van der Waals surface area contributed by atoms with Gasteiger partial charge in [-0.3, -0.25) is 9.36 Å². The summed E-state index contributed by atoms with van der Waals surface area (Å²) in [4.78, 5) is 18.1. The summed E-state index contributed by atoms with van der Waals surface area (Å²) in [5.41, 5.74) is 1.82. The summed E-state index contributed by atoms with van der Waals surface area (Å²) in [7, 11) is 0. The average molecular weight is 389 g/mol. The SMILES string of the molecule is O=c1cc(C(F)F)ncn1CC1CCN(CC2OCCc3ccccc32)CC1. The van der Waals surface area contributed by atoms with Crippen LogP contribution >= 0.6 is 0 Å². The average Bonchev–Trinajstić information content (AvgIpc) is 2.71. The lowest BCUT2D eigenvalue weighted by Crippen LogP contribution is -2.39. The summed E-state index contributed by atoms with van der Waals surface area (Å²) in [5.74, 6) is 0.354. The smallest absolute Gasteiger partial charge is 0.280 e. The van der Waals surface area contributed by atoms with Gasteiger partial charge in [0.05, 0.1) is 19.0 Å². The largest absolute Gasteiger partial charge is 0.372 e. The van der Waals surface area contributed by atoms with E-state index in [-0.39, 0.29) is 6.10 Å². The predicted octanol–water partition coefficient (Wildman–Crippen LogP) is 3.21. The first kappa shape index (κ1) is 19.2. The molecule has 3 heterocycles. The summed E-state index contributed by atoms with van der Waals surface area (Å²) in [6.07, 6.45) is 1.58. The zero-order valence-corrected chi connectivity index (χ0v) is 15.8. The van der Waals surface area contributed by atoms with Gasteiger partial charge in [-0.2, -0.15) is 0 Å². The van der Waals surface area contributed by atoms with Gasteiger partial charge in [-0.25, -0.2) is 13.8 Å². The molecule has 0 amide bonds. The van der Waals surface area contributed by atoms with Crippen LogP contribution in [0.1, 0.15) is 42.2 Å². The maximum absolute atomic E-state index is 12.6. The van der Waals surface area contributed by atoms with Crippen LogP contribution in [0.15, 0.2) is 41.5 Å². The molecule has 4 rings (SSSR count). The van der Waals surface area contributed by atoms with E-state index in [1.165, 1.54) is 22.0 Å². The third-order valence-corrected chi connectivity index (χ3v) is 5.80. The van der Waals surface area contributed by atoms with E-state index in [2.05, 4.69) is 34.1 Å². The van der Waals surface area contributed by atoms with Crippen LogP contribution in [-0.4, -0.2) is 40.7 Å². The maximum Gasteiger partial charge on any atom is 0.280 e. The number of aromatic nitrogens is 2. The van der Waals surface area contributed by atoms with Crippen molar-refractivity contribution in [2.24, 2.45) is 5.92 Å². The molecular weight excluding hydrogens is 364 g/mol. The zero-order valence-electron chi connectivity index (χ0n) is 15.8. The van der Waals surface area contributed by atoms with Crippen LogP contribution in [0.3, 0.4) is 0 Å². The Morgan fingerprint density at radius 1 is 1.18 bits per heavy atom. The Labute approximate surface area is 163 Å². The molecule has 0 bridgehead atoms. The van der Waals surface area contributed by atoms with Crippen LogP contribution in [0.25, 0.3) is 0 Å². The number of alkyl halides is 2. The van der Waals surface area contributed by atoms with E-state index < -0.39 is 17.7 Å². The van der Waals surface area contributed by atoms with E-state index >= 15 is 0 Å². The van der Waals surface area contributed by atoms with Gasteiger partial charge in [-0.1, -0.05) is 24.3 Å². The highest BCUT2D eigenvalue weighted by atomic mass is 19.3. The Bertz CT molecular complexity index is 863. The highest BCUT2D eigenvalue weighted by Gasteiger charge is 2.26.